The molecule has 1 saturated heterocycles. The smallest absolute Gasteiger partial charge is 0.263 e. The molecule has 9 heteroatoms. The topological polar surface area (TPSA) is 76.2 Å². The molecule has 0 N–H and O–H groups in total. The quantitative estimate of drug-likeness (QED) is 0.632. The van der Waals surface area contributed by atoms with Crippen LogP contribution in [0.5, 0.6) is 11.5 Å². The molecule has 1 fully saturated rings. The van der Waals surface area contributed by atoms with Crippen molar-refractivity contribution in [3.63, 3.8) is 0 Å². The van der Waals surface area contributed by atoms with Gasteiger partial charge in [0.15, 0.2) is 6.10 Å². The lowest BCUT2D eigenvalue weighted by atomic mass is 10.3. The van der Waals surface area contributed by atoms with Crippen molar-refractivity contribution in [2.24, 2.45) is 0 Å². The van der Waals surface area contributed by atoms with Gasteiger partial charge in [0.2, 0.25) is 10.0 Å². The molecule has 1 atom stereocenters. The first-order chi connectivity index (χ1) is 13.8. The van der Waals surface area contributed by atoms with Crippen molar-refractivity contribution < 1.29 is 22.7 Å². The fourth-order valence-electron chi connectivity index (χ4n) is 3.07. The highest BCUT2D eigenvalue weighted by atomic mass is 79.9. The zero-order valence-electron chi connectivity index (χ0n) is 16.2. The third-order valence-corrected chi connectivity index (χ3v) is 7.16. The van der Waals surface area contributed by atoms with Crippen LogP contribution in [0.3, 0.4) is 0 Å². The van der Waals surface area contributed by atoms with E-state index in [1.165, 1.54) is 23.5 Å². The third kappa shape index (κ3) is 5.09. The molecule has 1 heterocycles. The average molecular weight is 483 g/mol. The molecular weight excluding hydrogens is 460 g/mol. The summed E-state index contributed by atoms with van der Waals surface area (Å²) in [6, 6.07) is 13.5. The summed E-state index contributed by atoms with van der Waals surface area (Å²) >= 11 is 3.36. The number of amides is 1. The number of nitrogens with zero attached hydrogens (tertiary/aromatic N) is 2. The number of benzene rings is 2. The van der Waals surface area contributed by atoms with Gasteiger partial charge in [0.05, 0.1) is 12.0 Å². The van der Waals surface area contributed by atoms with E-state index in [1.807, 2.05) is 12.1 Å². The SMILES string of the molecule is COc1ccc(S(=O)(=O)N2CCN(C(=O)C(C)Oc3ccc(Br)cc3)CC2)cc1. The number of rotatable bonds is 6. The predicted molar refractivity (Wildman–Crippen MR) is 113 cm³/mol. The summed E-state index contributed by atoms with van der Waals surface area (Å²) in [5.74, 6) is 1.04. The fourth-order valence-corrected chi connectivity index (χ4v) is 4.76. The largest absolute Gasteiger partial charge is 0.497 e. The number of halogens is 1. The van der Waals surface area contributed by atoms with Crippen LogP contribution in [0.25, 0.3) is 0 Å². The third-order valence-electron chi connectivity index (χ3n) is 4.72. The van der Waals surface area contributed by atoms with Gasteiger partial charge in [0, 0.05) is 30.7 Å². The second-order valence-corrected chi connectivity index (χ2v) is 9.47. The van der Waals surface area contributed by atoms with E-state index < -0.39 is 16.1 Å². The Balaban J connectivity index is 1.58. The van der Waals surface area contributed by atoms with Crippen molar-refractivity contribution in [3.8, 4) is 11.5 Å². The molecule has 0 radical (unpaired) electrons. The Labute approximate surface area is 179 Å². The highest BCUT2D eigenvalue weighted by molar-refractivity contribution is 9.10. The lowest BCUT2D eigenvalue weighted by molar-refractivity contribution is -0.139. The van der Waals surface area contributed by atoms with Crippen LogP contribution < -0.4 is 9.47 Å². The number of ether oxygens (including phenoxy) is 2. The molecule has 29 heavy (non-hydrogen) atoms. The highest BCUT2D eigenvalue weighted by Crippen LogP contribution is 2.22. The van der Waals surface area contributed by atoms with Crippen LogP contribution in [0.2, 0.25) is 0 Å². The fraction of sp³-hybridized carbons (Fsp3) is 0.350. The summed E-state index contributed by atoms with van der Waals surface area (Å²) in [6.45, 7) is 2.82. The van der Waals surface area contributed by atoms with Crippen molar-refractivity contribution >= 4 is 31.9 Å². The first-order valence-corrected chi connectivity index (χ1v) is 11.4. The van der Waals surface area contributed by atoms with E-state index in [4.69, 9.17) is 9.47 Å². The molecule has 2 aromatic carbocycles. The monoisotopic (exact) mass is 482 g/mol. The standard InChI is InChI=1S/C20H23BrN2O5S/c1-15(28-18-5-3-16(21)4-6-18)20(24)22-11-13-23(14-12-22)29(25,26)19-9-7-17(27-2)8-10-19/h3-10,15H,11-14H2,1-2H3. The van der Waals surface area contributed by atoms with E-state index in [-0.39, 0.29) is 23.9 Å². The molecule has 7 nitrogen and oxygen atoms in total. The summed E-state index contributed by atoms with van der Waals surface area (Å²) < 4.78 is 38.8. The Kier molecular flexibility index (Phi) is 6.81. The number of methoxy groups -OCH3 is 1. The van der Waals surface area contributed by atoms with Crippen LogP contribution in [0, 0.1) is 0 Å². The van der Waals surface area contributed by atoms with Gasteiger partial charge in [0.1, 0.15) is 11.5 Å². The molecule has 1 unspecified atom stereocenters. The van der Waals surface area contributed by atoms with E-state index in [9.17, 15) is 13.2 Å². The van der Waals surface area contributed by atoms with Gasteiger partial charge in [-0.2, -0.15) is 4.31 Å². The number of piperazine rings is 1. The minimum atomic E-state index is -3.60. The second-order valence-electron chi connectivity index (χ2n) is 6.62. The second kappa shape index (κ2) is 9.15. The molecule has 1 aliphatic rings. The van der Waals surface area contributed by atoms with Crippen LogP contribution in [0.1, 0.15) is 6.92 Å². The molecule has 0 aromatic heterocycles. The van der Waals surface area contributed by atoms with Crippen molar-refractivity contribution in [2.75, 3.05) is 33.3 Å². The molecule has 0 bridgehead atoms. The molecule has 0 spiro atoms. The van der Waals surface area contributed by atoms with Gasteiger partial charge in [-0.1, -0.05) is 15.9 Å². The van der Waals surface area contributed by atoms with Crippen LogP contribution in [0.15, 0.2) is 57.9 Å². The zero-order valence-corrected chi connectivity index (χ0v) is 18.6. The first kappa shape index (κ1) is 21.6. The number of hydrogen-bond acceptors (Lipinski definition) is 5. The van der Waals surface area contributed by atoms with Crippen LogP contribution >= 0.6 is 15.9 Å². The number of carbonyl (C=O) groups is 1. The molecule has 1 aliphatic heterocycles. The highest BCUT2D eigenvalue weighted by Gasteiger charge is 2.32. The first-order valence-electron chi connectivity index (χ1n) is 9.16. The minimum absolute atomic E-state index is 0.158. The van der Waals surface area contributed by atoms with Crippen molar-refractivity contribution in [1.82, 2.24) is 9.21 Å². The van der Waals surface area contributed by atoms with Gasteiger partial charge < -0.3 is 14.4 Å². The maximum absolute atomic E-state index is 12.8. The van der Waals surface area contributed by atoms with Gasteiger partial charge in [-0.3, -0.25) is 4.79 Å². The van der Waals surface area contributed by atoms with Crippen molar-refractivity contribution in [1.29, 1.82) is 0 Å². The molecule has 3 rings (SSSR count). The van der Waals surface area contributed by atoms with E-state index in [2.05, 4.69) is 15.9 Å². The Hall–Kier alpha value is -2.10. The van der Waals surface area contributed by atoms with Crippen LogP contribution in [0.4, 0.5) is 0 Å². The average Bonchev–Trinajstić information content (AvgIpc) is 2.75. The summed E-state index contributed by atoms with van der Waals surface area (Å²) in [7, 11) is -2.08. The van der Waals surface area contributed by atoms with Crippen molar-refractivity contribution in [3.05, 3.63) is 53.0 Å². The Morgan fingerprint density at radius 3 is 2.07 bits per heavy atom. The number of hydrogen-bond donors (Lipinski definition) is 0. The van der Waals surface area contributed by atoms with E-state index >= 15 is 0 Å². The Morgan fingerprint density at radius 1 is 0.966 bits per heavy atom. The molecule has 1 amide bonds. The summed E-state index contributed by atoms with van der Waals surface area (Å²) in [6.07, 6.45) is -0.652. The molecule has 0 saturated carbocycles. The lowest BCUT2D eigenvalue weighted by Crippen LogP contribution is -2.53. The minimum Gasteiger partial charge on any atom is -0.497 e. The Bertz CT molecular complexity index is 940. The van der Waals surface area contributed by atoms with Gasteiger partial charge in [-0.15, -0.1) is 0 Å². The molecular formula is C20H23BrN2O5S. The van der Waals surface area contributed by atoms with Crippen LogP contribution in [-0.4, -0.2) is 62.9 Å². The van der Waals surface area contributed by atoms with Gasteiger partial charge in [0.25, 0.3) is 5.91 Å². The van der Waals surface area contributed by atoms with Gasteiger partial charge in [-0.05, 0) is 55.5 Å². The molecule has 156 valence electrons. The van der Waals surface area contributed by atoms with Gasteiger partial charge in [-0.25, -0.2) is 8.42 Å². The van der Waals surface area contributed by atoms with Crippen LogP contribution in [-0.2, 0) is 14.8 Å². The lowest BCUT2D eigenvalue weighted by Gasteiger charge is -2.35. The predicted octanol–water partition coefficient (Wildman–Crippen LogP) is 2.76. The number of carbonyl (C=O) groups excluding carboxylic acids is 1. The maximum atomic E-state index is 12.8. The Morgan fingerprint density at radius 2 is 1.52 bits per heavy atom. The zero-order chi connectivity index (χ0) is 21.0. The maximum Gasteiger partial charge on any atom is 0.263 e. The normalized spacial score (nSPS) is 16.3. The summed E-state index contributed by atoms with van der Waals surface area (Å²) in [5, 5.41) is 0. The summed E-state index contributed by atoms with van der Waals surface area (Å²) in [4.78, 5) is 14.5. The van der Waals surface area contributed by atoms with Gasteiger partial charge >= 0.3 is 0 Å². The van der Waals surface area contributed by atoms with E-state index in [0.29, 0.717) is 24.6 Å². The van der Waals surface area contributed by atoms with E-state index in [0.717, 1.165) is 4.47 Å². The molecule has 2 aromatic rings. The van der Waals surface area contributed by atoms with Crippen molar-refractivity contribution in [2.45, 2.75) is 17.9 Å². The van der Waals surface area contributed by atoms with E-state index in [1.54, 1.807) is 36.1 Å². The molecule has 0 aliphatic carbocycles. The number of sulfonamides is 1. The summed E-state index contributed by atoms with van der Waals surface area (Å²) in [5.41, 5.74) is 0.